The molecule has 1 fully saturated rings. The van der Waals surface area contributed by atoms with Crippen molar-refractivity contribution >= 4 is 11.8 Å². The summed E-state index contributed by atoms with van der Waals surface area (Å²) in [7, 11) is 0. The van der Waals surface area contributed by atoms with Crippen LogP contribution in [0.3, 0.4) is 0 Å². The molecule has 2 aliphatic heterocycles. The lowest BCUT2D eigenvalue weighted by atomic mass is 9.94. The van der Waals surface area contributed by atoms with Gasteiger partial charge in [-0.25, -0.2) is 0 Å². The fraction of sp³-hybridized carbons (Fsp3) is 0.714. The van der Waals surface area contributed by atoms with E-state index < -0.39 is 36.2 Å². The topological polar surface area (TPSA) is 148 Å². The Morgan fingerprint density at radius 3 is 2.64 bits per heavy atom. The van der Waals surface area contributed by atoms with Crippen molar-refractivity contribution in [3.63, 3.8) is 0 Å². The molecule has 1 saturated heterocycles. The lowest BCUT2D eigenvalue weighted by Gasteiger charge is -2.16. The lowest BCUT2D eigenvalue weighted by molar-refractivity contribution is -0.124. The van der Waals surface area contributed by atoms with E-state index in [4.69, 9.17) is 21.3 Å². The largest absolute Gasteiger partial charge is 0.394 e. The molecule has 0 bridgehead atoms. The number of aliphatic hydroxyl groups is 2. The van der Waals surface area contributed by atoms with Crippen LogP contribution in [0.5, 0.6) is 0 Å². The summed E-state index contributed by atoms with van der Waals surface area (Å²) >= 11 is 0. The minimum atomic E-state index is -0.874. The monoisotopic (exact) mass is 313 g/mol. The molecule has 2 aliphatic rings. The van der Waals surface area contributed by atoms with E-state index in [2.05, 4.69) is 5.32 Å². The van der Waals surface area contributed by atoms with Gasteiger partial charge in [-0.1, -0.05) is 6.42 Å². The summed E-state index contributed by atoms with van der Waals surface area (Å²) in [6.45, 7) is 0.193. The predicted octanol–water partition coefficient (Wildman–Crippen LogP) is -2.09. The molecule has 2 amide bonds. The van der Waals surface area contributed by atoms with Crippen molar-refractivity contribution in [3.05, 3.63) is 11.1 Å². The van der Waals surface area contributed by atoms with E-state index in [0.717, 1.165) is 12.8 Å². The first-order valence-corrected chi connectivity index (χ1v) is 7.49. The zero-order valence-electron chi connectivity index (χ0n) is 12.3. The number of rotatable bonds is 7. The minimum Gasteiger partial charge on any atom is -0.394 e. The van der Waals surface area contributed by atoms with Gasteiger partial charge in [0.1, 0.15) is 6.10 Å². The molecule has 0 radical (unpaired) electrons. The Morgan fingerprint density at radius 1 is 1.32 bits per heavy atom. The highest BCUT2D eigenvalue weighted by Gasteiger charge is 2.44. The standard InChI is InChI=1S/C14H23N3O5/c15-4-2-1-3-7(16)11-12(14(21)17-13(11)20)9-5-8(19)10(6-18)22-9/h7-10,18-19H,1-6,15-16H2,(H,17,20,21). The maximum Gasteiger partial charge on any atom is 0.257 e. The molecule has 0 aromatic carbocycles. The second-order valence-electron chi connectivity index (χ2n) is 5.65. The summed E-state index contributed by atoms with van der Waals surface area (Å²) in [6, 6.07) is -0.582. The number of carbonyl (C=O) groups excluding carboxylic acids is 2. The summed E-state index contributed by atoms with van der Waals surface area (Å²) in [5, 5.41) is 21.2. The third-order valence-corrected chi connectivity index (χ3v) is 4.07. The molecule has 124 valence electrons. The molecule has 8 nitrogen and oxygen atoms in total. The summed E-state index contributed by atoms with van der Waals surface area (Å²) in [5.74, 6) is -1.05. The maximum absolute atomic E-state index is 12.0. The fourth-order valence-corrected chi connectivity index (χ4v) is 2.90. The molecule has 0 saturated carbocycles. The van der Waals surface area contributed by atoms with Crippen LogP contribution in [0.1, 0.15) is 25.7 Å². The SMILES string of the molecule is NCCCCC(N)C1=C(C2CC(O)C(CO)O2)C(=O)NC1=O. The highest BCUT2D eigenvalue weighted by Crippen LogP contribution is 2.31. The Hall–Kier alpha value is -1.32. The van der Waals surface area contributed by atoms with Crippen molar-refractivity contribution in [1.29, 1.82) is 0 Å². The van der Waals surface area contributed by atoms with Gasteiger partial charge in [0.2, 0.25) is 0 Å². The van der Waals surface area contributed by atoms with Gasteiger partial charge in [-0.3, -0.25) is 14.9 Å². The number of unbranched alkanes of at least 4 members (excludes halogenated alkanes) is 1. The van der Waals surface area contributed by atoms with Crippen LogP contribution in [0, 0.1) is 0 Å². The van der Waals surface area contributed by atoms with Crippen molar-refractivity contribution in [1.82, 2.24) is 5.32 Å². The Balaban J connectivity index is 2.19. The van der Waals surface area contributed by atoms with Gasteiger partial charge >= 0.3 is 0 Å². The fourth-order valence-electron chi connectivity index (χ4n) is 2.90. The van der Waals surface area contributed by atoms with E-state index in [1.54, 1.807) is 0 Å². The van der Waals surface area contributed by atoms with Crippen molar-refractivity contribution in [2.75, 3.05) is 13.2 Å². The normalized spacial score (nSPS) is 30.1. The van der Waals surface area contributed by atoms with E-state index in [9.17, 15) is 14.7 Å². The lowest BCUT2D eigenvalue weighted by Crippen LogP contribution is -2.30. The third kappa shape index (κ3) is 3.36. The number of amides is 2. The Kier molecular flexibility index (Phi) is 5.65. The van der Waals surface area contributed by atoms with Gasteiger partial charge in [0.15, 0.2) is 0 Å². The van der Waals surface area contributed by atoms with E-state index >= 15 is 0 Å². The van der Waals surface area contributed by atoms with E-state index in [-0.39, 0.29) is 24.2 Å². The maximum atomic E-state index is 12.0. The second-order valence-corrected chi connectivity index (χ2v) is 5.65. The number of nitrogens with one attached hydrogen (secondary N) is 1. The zero-order valence-corrected chi connectivity index (χ0v) is 12.3. The number of carbonyl (C=O) groups is 2. The molecule has 0 spiro atoms. The highest BCUT2D eigenvalue weighted by molar-refractivity contribution is 6.20. The summed E-state index contributed by atoms with van der Waals surface area (Å²) in [5.41, 5.74) is 11.9. The van der Waals surface area contributed by atoms with Gasteiger partial charge in [0.25, 0.3) is 11.8 Å². The molecule has 2 rings (SSSR count). The van der Waals surface area contributed by atoms with Crippen molar-refractivity contribution in [2.45, 2.75) is 50.0 Å². The molecule has 0 aromatic rings. The second kappa shape index (κ2) is 7.30. The van der Waals surface area contributed by atoms with Gasteiger partial charge in [-0.15, -0.1) is 0 Å². The van der Waals surface area contributed by atoms with Gasteiger partial charge < -0.3 is 26.4 Å². The first kappa shape index (κ1) is 17.0. The van der Waals surface area contributed by atoms with Crippen LogP contribution in [0.2, 0.25) is 0 Å². The number of aliphatic hydroxyl groups excluding tert-OH is 2. The van der Waals surface area contributed by atoms with Crippen LogP contribution in [0.15, 0.2) is 11.1 Å². The van der Waals surface area contributed by atoms with Gasteiger partial charge in [0, 0.05) is 18.0 Å². The first-order valence-electron chi connectivity index (χ1n) is 7.49. The Morgan fingerprint density at radius 2 is 2.05 bits per heavy atom. The number of hydrogen-bond acceptors (Lipinski definition) is 7. The van der Waals surface area contributed by atoms with Gasteiger partial charge in [-0.2, -0.15) is 0 Å². The third-order valence-electron chi connectivity index (χ3n) is 4.07. The molecule has 4 unspecified atom stereocenters. The minimum absolute atomic E-state index is 0.153. The first-order chi connectivity index (χ1) is 10.5. The average Bonchev–Trinajstić information content (AvgIpc) is 2.98. The number of hydrogen-bond donors (Lipinski definition) is 5. The van der Waals surface area contributed by atoms with Crippen LogP contribution >= 0.6 is 0 Å². The summed E-state index contributed by atoms with van der Waals surface area (Å²) in [4.78, 5) is 24.0. The summed E-state index contributed by atoms with van der Waals surface area (Å²) in [6.07, 6.45) is -0.124. The quantitative estimate of drug-likeness (QED) is 0.267. The predicted molar refractivity (Wildman–Crippen MR) is 77.4 cm³/mol. The Labute approximate surface area is 128 Å². The van der Waals surface area contributed by atoms with Crippen LogP contribution in [0.25, 0.3) is 0 Å². The van der Waals surface area contributed by atoms with Gasteiger partial charge in [0.05, 0.1) is 24.4 Å². The molecule has 0 aliphatic carbocycles. The van der Waals surface area contributed by atoms with Crippen LogP contribution in [-0.4, -0.2) is 59.5 Å². The van der Waals surface area contributed by atoms with Crippen molar-refractivity contribution in [2.24, 2.45) is 11.5 Å². The molecule has 2 heterocycles. The molecule has 4 atom stereocenters. The number of imide groups is 1. The highest BCUT2D eigenvalue weighted by atomic mass is 16.5. The van der Waals surface area contributed by atoms with Crippen LogP contribution < -0.4 is 16.8 Å². The molecular formula is C14H23N3O5. The zero-order chi connectivity index (χ0) is 16.3. The van der Waals surface area contributed by atoms with Crippen molar-refractivity contribution in [3.8, 4) is 0 Å². The van der Waals surface area contributed by atoms with E-state index in [0.29, 0.717) is 13.0 Å². The van der Waals surface area contributed by atoms with E-state index in [1.165, 1.54) is 0 Å². The average molecular weight is 313 g/mol. The number of nitrogens with two attached hydrogens (primary N) is 2. The number of ether oxygens (including phenoxy) is 1. The van der Waals surface area contributed by atoms with Crippen LogP contribution in [0.4, 0.5) is 0 Å². The summed E-state index contributed by atoms with van der Waals surface area (Å²) < 4.78 is 5.49. The molecule has 22 heavy (non-hydrogen) atoms. The van der Waals surface area contributed by atoms with Gasteiger partial charge in [-0.05, 0) is 19.4 Å². The molecule has 0 aromatic heterocycles. The molecular weight excluding hydrogens is 290 g/mol. The molecule has 7 N–H and O–H groups in total. The Bertz CT molecular complexity index is 479. The van der Waals surface area contributed by atoms with Crippen LogP contribution in [-0.2, 0) is 14.3 Å². The van der Waals surface area contributed by atoms with Crippen molar-refractivity contribution < 1.29 is 24.5 Å². The molecule has 8 heteroatoms. The van der Waals surface area contributed by atoms with E-state index in [1.807, 2.05) is 0 Å². The smallest absolute Gasteiger partial charge is 0.257 e.